The molecule has 0 spiro atoms. The molecule has 6 nitrogen and oxygen atoms in total. The molecule has 0 bridgehead atoms. The Bertz CT molecular complexity index is 1060. The van der Waals surface area contributed by atoms with Gasteiger partial charge in [-0.1, -0.05) is 23.8 Å². The second-order valence-corrected chi connectivity index (χ2v) is 6.64. The summed E-state index contributed by atoms with van der Waals surface area (Å²) in [5.41, 5.74) is 3.20. The van der Waals surface area contributed by atoms with E-state index in [9.17, 15) is 9.59 Å². The van der Waals surface area contributed by atoms with Crippen molar-refractivity contribution in [2.24, 2.45) is 0 Å². The summed E-state index contributed by atoms with van der Waals surface area (Å²) in [6.07, 6.45) is 0.604. The fourth-order valence-corrected chi connectivity index (χ4v) is 3.18. The molecule has 6 heteroatoms. The first-order valence-electron chi connectivity index (χ1n) is 9.11. The van der Waals surface area contributed by atoms with Gasteiger partial charge < -0.3 is 19.8 Å². The number of benzene rings is 2. The first-order chi connectivity index (χ1) is 13.5. The number of H-pyrrole nitrogens is 1. The molecule has 0 aliphatic heterocycles. The standard InChI is InChI=1S/C22H24N2O4/c1-14-7-9-18-17(11-14)12-15(22(26)24-18)8-10-20(25)23-13-16-5-4-6-19(27-2)21(16)28-3/h4-7,9,11-12H,8,10,13H2,1-3H3,(H,23,25)(H,24,26). The molecule has 0 saturated heterocycles. The van der Waals surface area contributed by atoms with Gasteiger partial charge in [-0.2, -0.15) is 0 Å². The molecule has 146 valence electrons. The van der Waals surface area contributed by atoms with E-state index in [-0.39, 0.29) is 17.9 Å². The van der Waals surface area contributed by atoms with E-state index in [1.807, 2.05) is 43.3 Å². The number of methoxy groups -OCH3 is 2. The number of aromatic amines is 1. The molecule has 0 aliphatic carbocycles. The van der Waals surface area contributed by atoms with Gasteiger partial charge in [0.05, 0.1) is 14.2 Å². The molecule has 1 aromatic heterocycles. The molecule has 0 fully saturated rings. The maximum absolute atomic E-state index is 12.3. The average Bonchev–Trinajstić information content (AvgIpc) is 2.70. The van der Waals surface area contributed by atoms with Gasteiger partial charge >= 0.3 is 0 Å². The van der Waals surface area contributed by atoms with E-state index in [0.717, 1.165) is 22.0 Å². The number of fused-ring (bicyclic) bond motifs is 1. The number of hydrogen-bond acceptors (Lipinski definition) is 4. The van der Waals surface area contributed by atoms with E-state index >= 15 is 0 Å². The van der Waals surface area contributed by atoms with Gasteiger partial charge in [-0.05, 0) is 43.0 Å². The lowest BCUT2D eigenvalue weighted by molar-refractivity contribution is -0.121. The summed E-state index contributed by atoms with van der Waals surface area (Å²) in [7, 11) is 3.14. The van der Waals surface area contributed by atoms with Crippen LogP contribution in [-0.2, 0) is 17.8 Å². The lowest BCUT2D eigenvalue weighted by Crippen LogP contribution is -2.24. The molecule has 0 saturated carbocycles. The fourth-order valence-electron chi connectivity index (χ4n) is 3.18. The van der Waals surface area contributed by atoms with Crippen molar-refractivity contribution in [1.29, 1.82) is 0 Å². The van der Waals surface area contributed by atoms with Crippen LogP contribution >= 0.6 is 0 Å². The molecular weight excluding hydrogens is 356 g/mol. The Morgan fingerprint density at radius 3 is 2.64 bits per heavy atom. The molecule has 28 heavy (non-hydrogen) atoms. The van der Waals surface area contributed by atoms with Crippen molar-refractivity contribution in [3.8, 4) is 11.5 Å². The Hall–Kier alpha value is -3.28. The van der Waals surface area contributed by atoms with Gasteiger partial charge in [0.1, 0.15) is 0 Å². The molecule has 0 atom stereocenters. The third-order valence-corrected chi connectivity index (χ3v) is 4.66. The smallest absolute Gasteiger partial charge is 0.251 e. The molecule has 3 aromatic rings. The Balaban J connectivity index is 1.64. The maximum Gasteiger partial charge on any atom is 0.251 e. The van der Waals surface area contributed by atoms with Crippen molar-refractivity contribution in [3.05, 3.63) is 69.5 Å². The van der Waals surface area contributed by atoms with Gasteiger partial charge in [-0.3, -0.25) is 9.59 Å². The number of aryl methyl sites for hydroxylation is 2. The highest BCUT2D eigenvalue weighted by Crippen LogP contribution is 2.30. The average molecular weight is 380 g/mol. The Morgan fingerprint density at radius 2 is 1.89 bits per heavy atom. The van der Waals surface area contributed by atoms with Crippen molar-refractivity contribution < 1.29 is 14.3 Å². The minimum Gasteiger partial charge on any atom is -0.493 e. The maximum atomic E-state index is 12.3. The first-order valence-corrected chi connectivity index (χ1v) is 9.11. The first kappa shape index (κ1) is 19.5. The summed E-state index contributed by atoms with van der Waals surface area (Å²) < 4.78 is 10.6. The van der Waals surface area contributed by atoms with Crippen molar-refractivity contribution in [3.63, 3.8) is 0 Å². The van der Waals surface area contributed by atoms with Gasteiger partial charge in [-0.15, -0.1) is 0 Å². The highest BCUT2D eigenvalue weighted by atomic mass is 16.5. The number of pyridine rings is 1. The Labute approximate surface area is 163 Å². The van der Waals surface area contributed by atoms with Gasteiger partial charge in [0.2, 0.25) is 5.91 Å². The van der Waals surface area contributed by atoms with E-state index in [0.29, 0.717) is 30.0 Å². The highest BCUT2D eigenvalue weighted by molar-refractivity contribution is 5.80. The summed E-state index contributed by atoms with van der Waals surface area (Å²) in [6.45, 7) is 2.33. The summed E-state index contributed by atoms with van der Waals surface area (Å²) in [6, 6.07) is 13.3. The van der Waals surface area contributed by atoms with Gasteiger partial charge in [-0.25, -0.2) is 0 Å². The number of nitrogens with one attached hydrogen (secondary N) is 2. The van der Waals surface area contributed by atoms with Crippen LogP contribution in [0.4, 0.5) is 0 Å². The van der Waals surface area contributed by atoms with Crippen molar-refractivity contribution in [1.82, 2.24) is 10.3 Å². The molecule has 1 heterocycles. The van der Waals surface area contributed by atoms with Crippen molar-refractivity contribution in [2.45, 2.75) is 26.3 Å². The van der Waals surface area contributed by atoms with Gasteiger partial charge in [0.15, 0.2) is 11.5 Å². The monoisotopic (exact) mass is 380 g/mol. The van der Waals surface area contributed by atoms with Crippen LogP contribution in [0.1, 0.15) is 23.1 Å². The Kier molecular flexibility index (Phi) is 5.99. The molecule has 0 unspecified atom stereocenters. The molecule has 3 rings (SSSR count). The predicted molar refractivity (Wildman–Crippen MR) is 109 cm³/mol. The summed E-state index contributed by atoms with van der Waals surface area (Å²) in [5.74, 6) is 1.09. The van der Waals surface area contributed by atoms with Gasteiger partial charge in [0, 0.05) is 29.6 Å². The third kappa shape index (κ3) is 4.34. The largest absolute Gasteiger partial charge is 0.493 e. The van der Waals surface area contributed by atoms with Crippen LogP contribution in [-0.4, -0.2) is 25.1 Å². The SMILES string of the molecule is COc1cccc(CNC(=O)CCc2cc3cc(C)ccc3[nH]c2=O)c1OC. The van der Waals surface area contributed by atoms with E-state index in [2.05, 4.69) is 10.3 Å². The van der Waals surface area contributed by atoms with Crippen LogP contribution in [0.15, 0.2) is 47.3 Å². The fraction of sp³-hybridized carbons (Fsp3) is 0.273. The number of hydrogen-bond donors (Lipinski definition) is 2. The predicted octanol–water partition coefficient (Wildman–Crippen LogP) is 3.10. The van der Waals surface area contributed by atoms with Gasteiger partial charge in [0.25, 0.3) is 5.56 Å². The lowest BCUT2D eigenvalue weighted by atomic mass is 10.1. The number of ether oxygens (including phenoxy) is 2. The number of carbonyl (C=O) groups excluding carboxylic acids is 1. The molecule has 2 aromatic carbocycles. The number of aromatic nitrogens is 1. The minimum atomic E-state index is -0.154. The van der Waals surface area contributed by atoms with E-state index in [4.69, 9.17) is 9.47 Å². The molecule has 2 N–H and O–H groups in total. The molecule has 0 aliphatic rings. The topological polar surface area (TPSA) is 80.4 Å². The second-order valence-electron chi connectivity index (χ2n) is 6.64. The second kappa shape index (κ2) is 8.61. The summed E-state index contributed by atoms with van der Waals surface area (Å²) >= 11 is 0. The lowest BCUT2D eigenvalue weighted by Gasteiger charge is -2.13. The quantitative estimate of drug-likeness (QED) is 0.660. The highest BCUT2D eigenvalue weighted by Gasteiger charge is 2.11. The normalized spacial score (nSPS) is 10.7. The van der Waals surface area contributed by atoms with Crippen LogP contribution < -0.4 is 20.3 Å². The van der Waals surface area contributed by atoms with Crippen LogP contribution in [0.25, 0.3) is 10.9 Å². The van der Waals surface area contributed by atoms with Crippen LogP contribution in [0.5, 0.6) is 11.5 Å². The zero-order valence-electron chi connectivity index (χ0n) is 16.3. The van der Waals surface area contributed by atoms with Crippen LogP contribution in [0, 0.1) is 6.92 Å². The zero-order chi connectivity index (χ0) is 20.1. The zero-order valence-corrected chi connectivity index (χ0v) is 16.3. The number of carbonyl (C=O) groups is 1. The van der Waals surface area contributed by atoms with E-state index < -0.39 is 0 Å². The van der Waals surface area contributed by atoms with Crippen LogP contribution in [0.2, 0.25) is 0 Å². The summed E-state index contributed by atoms with van der Waals surface area (Å²) in [4.78, 5) is 27.4. The summed E-state index contributed by atoms with van der Waals surface area (Å²) in [5, 5.41) is 3.84. The minimum absolute atomic E-state index is 0.131. The number of para-hydroxylation sites is 1. The Morgan fingerprint density at radius 1 is 1.07 bits per heavy atom. The molecular formula is C22H24N2O4. The molecule has 0 radical (unpaired) electrons. The van der Waals surface area contributed by atoms with E-state index in [1.54, 1.807) is 20.3 Å². The van der Waals surface area contributed by atoms with Crippen LogP contribution in [0.3, 0.4) is 0 Å². The third-order valence-electron chi connectivity index (χ3n) is 4.66. The van der Waals surface area contributed by atoms with E-state index in [1.165, 1.54) is 0 Å². The molecule has 1 amide bonds. The van der Waals surface area contributed by atoms with Crippen molar-refractivity contribution >= 4 is 16.8 Å². The van der Waals surface area contributed by atoms with Crippen molar-refractivity contribution in [2.75, 3.05) is 14.2 Å². The number of rotatable bonds is 7. The number of amides is 1.